The van der Waals surface area contributed by atoms with E-state index in [0.717, 1.165) is 12.1 Å². The van der Waals surface area contributed by atoms with Crippen molar-refractivity contribution in [1.29, 1.82) is 10.8 Å². The quantitative estimate of drug-likeness (QED) is 0.554. The van der Waals surface area contributed by atoms with E-state index in [-0.39, 0.29) is 11.8 Å². The van der Waals surface area contributed by atoms with Crippen molar-refractivity contribution in [1.82, 2.24) is 4.98 Å². The summed E-state index contributed by atoms with van der Waals surface area (Å²) in [7, 11) is 0. The first-order chi connectivity index (χ1) is 6.63. The molecule has 14 heavy (non-hydrogen) atoms. The minimum absolute atomic E-state index is 0.00886. The Labute approximate surface area is 83.0 Å². The van der Waals surface area contributed by atoms with Crippen molar-refractivity contribution in [2.24, 2.45) is 0 Å². The van der Waals surface area contributed by atoms with E-state index in [1.807, 2.05) is 13.0 Å². The molecule has 0 radical (unpaired) electrons. The summed E-state index contributed by atoms with van der Waals surface area (Å²) in [6, 6.07) is 3.63. The number of hydrogen-bond donors (Lipinski definition) is 2. The number of aryl methyl sites for hydroxylation is 1. The molecule has 4 heteroatoms. The fraction of sp³-hybridized carbons (Fsp3) is 0.300. The van der Waals surface area contributed by atoms with Gasteiger partial charge in [0.05, 0.1) is 5.56 Å². The lowest BCUT2D eigenvalue weighted by atomic mass is 10.2. The Bertz CT molecular complexity index is 343. The van der Waals surface area contributed by atoms with Crippen LogP contribution in [-0.4, -0.2) is 16.8 Å². The van der Waals surface area contributed by atoms with Gasteiger partial charge in [0.15, 0.2) is 5.90 Å². The lowest BCUT2D eigenvalue weighted by Gasteiger charge is -2.04. The summed E-state index contributed by atoms with van der Waals surface area (Å²) in [5, 5.41) is 14.6. The molecule has 0 unspecified atom stereocenters. The van der Waals surface area contributed by atoms with Crippen LogP contribution in [0.1, 0.15) is 25.1 Å². The Kier molecular flexibility index (Phi) is 3.34. The third-order valence-electron chi connectivity index (χ3n) is 1.70. The van der Waals surface area contributed by atoms with Gasteiger partial charge in [-0.25, -0.2) is 0 Å². The van der Waals surface area contributed by atoms with Crippen molar-refractivity contribution in [3.8, 4) is 0 Å². The number of nitrogens with zero attached hydrogens (tertiary/aromatic N) is 1. The molecular weight excluding hydrogens is 178 g/mol. The third-order valence-corrected chi connectivity index (χ3v) is 1.70. The fourth-order valence-electron chi connectivity index (χ4n) is 0.980. The zero-order valence-electron chi connectivity index (χ0n) is 8.29. The highest BCUT2D eigenvalue weighted by atomic mass is 16.5. The summed E-state index contributed by atoms with van der Waals surface area (Å²) in [5.74, 6) is -0.0257. The van der Waals surface area contributed by atoms with Gasteiger partial charge in [0, 0.05) is 18.8 Å². The molecule has 0 aliphatic rings. The van der Waals surface area contributed by atoms with Crippen molar-refractivity contribution in [3.05, 3.63) is 29.6 Å². The van der Waals surface area contributed by atoms with Crippen LogP contribution in [0.2, 0.25) is 0 Å². The molecule has 0 bridgehead atoms. The van der Waals surface area contributed by atoms with E-state index in [9.17, 15) is 0 Å². The molecule has 0 fully saturated rings. The topological polar surface area (TPSA) is 69.8 Å². The first-order valence-electron chi connectivity index (χ1n) is 4.40. The Morgan fingerprint density at radius 2 is 2.14 bits per heavy atom. The third kappa shape index (κ3) is 2.65. The number of hydrogen-bond acceptors (Lipinski definition) is 4. The largest absolute Gasteiger partial charge is 0.425 e. The normalized spacial score (nSPS) is 9.57. The first kappa shape index (κ1) is 10.4. The molecule has 1 heterocycles. The van der Waals surface area contributed by atoms with Crippen molar-refractivity contribution in [3.63, 3.8) is 0 Å². The molecule has 0 saturated heterocycles. The molecule has 0 spiro atoms. The van der Waals surface area contributed by atoms with Gasteiger partial charge in [0.1, 0.15) is 0 Å². The summed E-state index contributed by atoms with van der Waals surface area (Å²) in [4.78, 5) is 4.13. The average Bonchev–Trinajstić information content (AvgIpc) is 2.17. The first-order valence-corrected chi connectivity index (χ1v) is 4.40. The van der Waals surface area contributed by atoms with Crippen LogP contribution < -0.4 is 0 Å². The maximum Gasteiger partial charge on any atom is 0.222 e. The highest BCUT2D eigenvalue weighted by Crippen LogP contribution is 2.03. The zero-order chi connectivity index (χ0) is 10.6. The van der Waals surface area contributed by atoms with Crippen LogP contribution in [0.3, 0.4) is 0 Å². The van der Waals surface area contributed by atoms with Crippen molar-refractivity contribution < 1.29 is 4.74 Å². The van der Waals surface area contributed by atoms with Gasteiger partial charge >= 0.3 is 0 Å². The predicted octanol–water partition coefficient (Wildman–Crippen LogP) is 1.98. The van der Waals surface area contributed by atoms with Crippen molar-refractivity contribution in [2.45, 2.75) is 20.3 Å². The SMILES string of the molecule is CCc1ccc(C(=N)OC(C)=N)cn1. The maximum atomic E-state index is 7.48. The lowest BCUT2D eigenvalue weighted by Crippen LogP contribution is -2.09. The standard InChI is InChI=1S/C10H13N3O/c1-3-9-5-4-8(6-13-9)10(12)14-7(2)11/h4-6,11-12H,3H2,1-2H3. The molecule has 0 atom stereocenters. The summed E-state index contributed by atoms with van der Waals surface area (Å²) < 4.78 is 4.84. The summed E-state index contributed by atoms with van der Waals surface area (Å²) in [6.07, 6.45) is 2.46. The van der Waals surface area contributed by atoms with Crippen LogP contribution >= 0.6 is 0 Å². The number of rotatable bonds is 2. The molecule has 0 amide bonds. The van der Waals surface area contributed by atoms with Crippen LogP contribution in [0.15, 0.2) is 18.3 Å². The zero-order valence-corrected chi connectivity index (χ0v) is 8.29. The maximum absolute atomic E-state index is 7.48. The highest BCUT2D eigenvalue weighted by Gasteiger charge is 2.03. The summed E-state index contributed by atoms with van der Waals surface area (Å²) in [5.41, 5.74) is 1.57. The minimum Gasteiger partial charge on any atom is -0.425 e. The minimum atomic E-state index is -0.0346. The molecule has 0 aromatic carbocycles. The summed E-state index contributed by atoms with van der Waals surface area (Å²) >= 11 is 0. The van der Waals surface area contributed by atoms with Crippen molar-refractivity contribution in [2.75, 3.05) is 0 Å². The molecule has 4 nitrogen and oxygen atoms in total. The van der Waals surface area contributed by atoms with E-state index >= 15 is 0 Å². The van der Waals surface area contributed by atoms with Crippen LogP contribution in [0.4, 0.5) is 0 Å². The second-order valence-corrected chi connectivity index (χ2v) is 2.88. The number of aromatic nitrogens is 1. The van der Waals surface area contributed by atoms with Gasteiger partial charge < -0.3 is 4.74 Å². The molecule has 74 valence electrons. The molecule has 2 N–H and O–H groups in total. The fourth-order valence-corrected chi connectivity index (χ4v) is 0.980. The number of nitrogens with one attached hydrogen (secondary N) is 2. The molecule has 0 aliphatic carbocycles. The van der Waals surface area contributed by atoms with Crippen LogP contribution in [0.5, 0.6) is 0 Å². The molecule has 1 rings (SSSR count). The van der Waals surface area contributed by atoms with Gasteiger partial charge in [-0.15, -0.1) is 0 Å². The number of ether oxygens (including phenoxy) is 1. The number of pyridine rings is 1. The average molecular weight is 191 g/mol. The van der Waals surface area contributed by atoms with E-state index < -0.39 is 0 Å². The summed E-state index contributed by atoms with van der Waals surface area (Å²) in [6.45, 7) is 3.51. The molecule has 0 aliphatic heterocycles. The van der Waals surface area contributed by atoms with Crippen molar-refractivity contribution >= 4 is 11.8 Å². The second-order valence-electron chi connectivity index (χ2n) is 2.88. The van der Waals surface area contributed by atoms with Crippen LogP contribution in [-0.2, 0) is 11.2 Å². The monoisotopic (exact) mass is 191 g/mol. The van der Waals surface area contributed by atoms with Gasteiger partial charge in [0.25, 0.3) is 0 Å². The van der Waals surface area contributed by atoms with E-state index in [0.29, 0.717) is 5.56 Å². The smallest absolute Gasteiger partial charge is 0.222 e. The van der Waals surface area contributed by atoms with Crippen LogP contribution in [0, 0.1) is 10.8 Å². The van der Waals surface area contributed by atoms with Gasteiger partial charge in [-0.2, -0.15) is 0 Å². The Hall–Kier alpha value is -1.71. The van der Waals surface area contributed by atoms with Gasteiger partial charge in [-0.05, 0) is 18.6 Å². The van der Waals surface area contributed by atoms with Gasteiger partial charge in [-0.1, -0.05) is 6.92 Å². The van der Waals surface area contributed by atoms with Crippen LogP contribution in [0.25, 0.3) is 0 Å². The molecule has 0 saturated carbocycles. The van der Waals surface area contributed by atoms with E-state index in [1.54, 1.807) is 12.3 Å². The van der Waals surface area contributed by atoms with Gasteiger partial charge in [0.2, 0.25) is 5.90 Å². The van der Waals surface area contributed by atoms with E-state index in [1.165, 1.54) is 6.92 Å². The van der Waals surface area contributed by atoms with E-state index in [4.69, 9.17) is 15.6 Å². The Balaban J connectivity index is 2.76. The lowest BCUT2D eigenvalue weighted by molar-refractivity contribution is 0.532. The molecule has 1 aromatic heterocycles. The Morgan fingerprint density at radius 3 is 2.57 bits per heavy atom. The second kappa shape index (κ2) is 4.50. The Morgan fingerprint density at radius 1 is 1.43 bits per heavy atom. The molecular formula is C10H13N3O. The van der Waals surface area contributed by atoms with E-state index in [2.05, 4.69) is 4.98 Å². The van der Waals surface area contributed by atoms with Gasteiger partial charge in [-0.3, -0.25) is 15.8 Å². The predicted molar refractivity (Wildman–Crippen MR) is 54.9 cm³/mol. The molecule has 1 aromatic rings. The highest BCUT2D eigenvalue weighted by molar-refractivity contribution is 5.98.